The van der Waals surface area contributed by atoms with Gasteiger partial charge in [-0.15, -0.1) is 0 Å². The van der Waals surface area contributed by atoms with Crippen LogP contribution in [0.5, 0.6) is 0 Å². The Morgan fingerprint density at radius 1 is 1.35 bits per heavy atom. The van der Waals surface area contributed by atoms with Gasteiger partial charge in [-0.3, -0.25) is 20.9 Å². The van der Waals surface area contributed by atoms with Crippen molar-refractivity contribution in [2.24, 2.45) is 5.84 Å². The maximum atomic E-state index is 11.1. The molecule has 1 aromatic carbocycles. The van der Waals surface area contributed by atoms with Crippen molar-refractivity contribution in [1.82, 2.24) is 4.90 Å². The zero-order chi connectivity index (χ0) is 14.4. The van der Waals surface area contributed by atoms with Gasteiger partial charge in [0.15, 0.2) is 0 Å². The molecule has 0 unspecified atom stereocenters. The topological polar surface area (TPSA) is 96.5 Å². The molecule has 1 aliphatic rings. The van der Waals surface area contributed by atoms with Crippen molar-refractivity contribution in [1.29, 1.82) is 0 Å². The van der Waals surface area contributed by atoms with Gasteiger partial charge in [0.2, 0.25) is 0 Å². The second-order valence-corrected chi connectivity index (χ2v) is 5.71. The number of rotatable bonds is 6. The van der Waals surface area contributed by atoms with Gasteiger partial charge in [0.1, 0.15) is 11.4 Å². The predicted octanol–water partition coefficient (Wildman–Crippen LogP) is 1.34. The van der Waals surface area contributed by atoms with Gasteiger partial charge < -0.3 is 10.7 Å². The molecule has 8 heteroatoms. The lowest BCUT2D eigenvalue weighted by molar-refractivity contribution is -0.383. The van der Waals surface area contributed by atoms with Crippen molar-refractivity contribution < 1.29 is 4.92 Å². The summed E-state index contributed by atoms with van der Waals surface area (Å²) in [5.74, 6) is 7.63. The third-order valence-electron chi connectivity index (χ3n) is 3.22. The summed E-state index contributed by atoms with van der Waals surface area (Å²) in [5.41, 5.74) is 3.16. The summed E-state index contributed by atoms with van der Waals surface area (Å²) in [5, 5.41) is 14.3. The average Bonchev–Trinajstić information content (AvgIpc) is 2.47. The molecule has 0 radical (unpaired) electrons. The average molecular weight is 297 g/mol. The summed E-state index contributed by atoms with van der Waals surface area (Å²) < 4.78 is 0. The lowest BCUT2D eigenvalue weighted by Gasteiger charge is -2.26. The Bertz CT molecular complexity index is 465. The van der Waals surface area contributed by atoms with E-state index in [1.54, 1.807) is 18.2 Å². The van der Waals surface area contributed by atoms with Gasteiger partial charge in [-0.2, -0.15) is 11.8 Å². The highest BCUT2D eigenvalue weighted by molar-refractivity contribution is 7.99. The molecule has 7 nitrogen and oxygen atoms in total. The summed E-state index contributed by atoms with van der Waals surface area (Å²) in [6, 6.07) is 5.03. The van der Waals surface area contributed by atoms with Crippen LogP contribution in [0.3, 0.4) is 0 Å². The number of nitrogens with two attached hydrogens (primary N) is 1. The standard InChI is InChI=1S/C12H19N5O2S/c13-15-11-3-1-2-10(12(11)17(18)19)14-4-5-16-6-8-20-9-7-16/h1-3,14-15H,4-9,13H2. The fourth-order valence-electron chi connectivity index (χ4n) is 2.17. The van der Waals surface area contributed by atoms with Crippen LogP contribution in [0, 0.1) is 10.1 Å². The number of nitro benzene ring substituents is 1. The van der Waals surface area contributed by atoms with Crippen LogP contribution in [0.25, 0.3) is 0 Å². The number of nitro groups is 1. The van der Waals surface area contributed by atoms with Gasteiger partial charge in [0.25, 0.3) is 0 Å². The zero-order valence-electron chi connectivity index (χ0n) is 11.2. The highest BCUT2D eigenvalue weighted by atomic mass is 32.2. The number of nitrogen functional groups attached to an aromatic ring is 1. The first-order chi connectivity index (χ1) is 9.72. The number of para-hydroxylation sites is 1. The molecule has 0 bridgehead atoms. The van der Waals surface area contributed by atoms with Crippen LogP contribution in [0.15, 0.2) is 18.2 Å². The molecular weight excluding hydrogens is 278 g/mol. The summed E-state index contributed by atoms with van der Waals surface area (Å²) in [6.07, 6.45) is 0. The number of thioether (sulfide) groups is 1. The summed E-state index contributed by atoms with van der Waals surface area (Å²) in [7, 11) is 0. The molecule has 1 aromatic rings. The molecule has 2 rings (SSSR count). The van der Waals surface area contributed by atoms with Gasteiger partial charge in [-0.1, -0.05) is 6.07 Å². The molecule has 1 fully saturated rings. The lowest BCUT2D eigenvalue weighted by atomic mass is 10.2. The molecular formula is C12H19N5O2S. The van der Waals surface area contributed by atoms with E-state index in [-0.39, 0.29) is 5.69 Å². The van der Waals surface area contributed by atoms with E-state index >= 15 is 0 Å². The molecule has 110 valence electrons. The monoisotopic (exact) mass is 297 g/mol. The Balaban J connectivity index is 1.96. The third kappa shape index (κ3) is 3.75. The fourth-order valence-corrected chi connectivity index (χ4v) is 3.15. The minimum Gasteiger partial charge on any atom is -0.378 e. The van der Waals surface area contributed by atoms with Crippen LogP contribution in [-0.4, -0.2) is 47.5 Å². The Morgan fingerprint density at radius 3 is 2.70 bits per heavy atom. The Morgan fingerprint density at radius 2 is 2.05 bits per heavy atom. The summed E-state index contributed by atoms with van der Waals surface area (Å²) >= 11 is 1.97. The lowest BCUT2D eigenvalue weighted by Crippen LogP contribution is -2.36. The van der Waals surface area contributed by atoms with E-state index < -0.39 is 4.92 Å². The van der Waals surface area contributed by atoms with Crippen molar-refractivity contribution in [3.05, 3.63) is 28.3 Å². The maximum absolute atomic E-state index is 11.1. The van der Waals surface area contributed by atoms with Crippen LogP contribution in [0.2, 0.25) is 0 Å². The van der Waals surface area contributed by atoms with E-state index in [1.165, 1.54) is 0 Å². The summed E-state index contributed by atoms with van der Waals surface area (Å²) in [6.45, 7) is 3.73. The van der Waals surface area contributed by atoms with Gasteiger partial charge in [0.05, 0.1) is 4.92 Å². The number of nitrogens with one attached hydrogen (secondary N) is 2. The number of nitrogens with zero attached hydrogens (tertiary/aromatic N) is 2. The van der Waals surface area contributed by atoms with Gasteiger partial charge >= 0.3 is 5.69 Å². The van der Waals surface area contributed by atoms with E-state index in [2.05, 4.69) is 15.6 Å². The third-order valence-corrected chi connectivity index (χ3v) is 4.16. The first kappa shape index (κ1) is 14.9. The van der Waals surface area contributed by atoms with Crippen LogP contribution in [0.4, 0.5) is 17.1 Å². The largest absolute Gasteiger partial charge is 0.378 e. The molecule has 1 heterocycles. The molecule has 0 atom stereocenters. The molecule has 0 saturated carbocycles. The Kier molecular flexibility index (Phi) is 5.45. The quantitative estimate of drug-likeness (QED) is 0.414. The molecule has 0 aliphatic carbocycles. The van der Waals surface area contributed by atoms with E-state index in [1.807, 2.05) is 11.8 Å². The van der Waals surface area contributed by atoms with Crippen molar-refractivity contribution in [3.8, 4) is 0 Å². The number of hydrogen-bond donors (Lipinski definition) is 3. The highest BCUT2D eigenvalue weighted by Crippen LogP contribution is 2.31. The van der Waals surface area contributed by atoms with Crippen LogP contribution >= 0.6 is 11.8 Å². The molecule has 1 saturated heterocycles. The van der Waals surface area contributed by atoms with E-state index in [0.717, 1.165) is 31.1 Å². The molecule has 0 spiro atoms. The first-order valence-electron chi connectivity index (χ1n) is 6.50. The first-order valence-corrected chi connectivity index (χ1v) is 7.66. The maximum Gasteiger partial charge on any atom is 0.316 e. The van der Waals surface area contributed by atoms with Gasteiger partial charge in [-0.25, -0.2) is 0 Å². The minimum absolute atomic E-state index is 0.0100. The summed E-state index contributed by atoms with van der Waals surface area (Å²) in [4.78, 5) is 13.1. The molecule has 20 heavy (non-hydrogen) atoms. The Labute approximate surface area is 122 Å². The second kappa shape index (κ2) is 7.32. The van der Waals surface area contributed by atoms with E-state index in [4.69, 9.17) is 5.84 Å². The van der Waals surface area contributed by atoms with E-state index in [0.29, 0.717) is 17.9 Å². The highest BCUT2D eigenvalue weighted by Gasteiger charge is 2.19. The Hall–Kier alpha value is -1.51. The van der Waals surface area contributed by atoms with Gasteiger partial charge in [0, 0.05) is 37.7 Å². The van der Waals surface area contributed by atoms with Crippen molar-refractivity contribution in [3.63, 3.8) is 0 Å². The SMILES string of the molecule is NNc1cccc(NCCN2CCSCC2)c1[N+](=O)[O-]. The van der Waals surface area contributed by atoms with Crippen LogP contribution in [0.1, 0.15) is 0 Å². The number of benzene rings is 1. The fraction of sp³-hybridized carbons (Fsp3) is 0.500. The van der Waals surface area contributed by atoms with E-state index in [9.17, 15) is 10.1 Å². The van der Waals surface area contributed by atoms with Crippen molar-refractivity contribution in [2.45, 2.75) is 0 Å². The molecule has 0 aromatic heterocycles. The van der Waals surface area contributed by atoms with Crippen LogP contribution < -0.4 is 16.6 Å². The zero-order valence-corrected chi connectivity index (χ0v) is 12.0. The molecule has 1 aliphatic heterocycles. The van der Waals surface area contributed by atoms with Crippen molar-refractivity contribution in [2.75, 3.05) is 48.4 Å². The minimum atomic E-state index is -0.422. The van der Waals surface area contributed by atoms with Crippen molar-refractivity contribution >= 4 is 28.8 Å². The number of anilines is 2. The molecule has 4 N–H and O–H groups in total. The van der Waals surface area contributed by atoms with Gasteiger partial charge in [-0.05, 0) is 12.1 Å². The van der Waals surface area contributed by atoms with Crippen LogP contribution in [-0.2, 0) is 0 Å². The number of hydrogen-bond acceptors (Lipinski definition) is 7. The second-order valence-electron chi connectivity index (χ2n) is 4.48. The normalized spacial score (nSPS) is 15.8. The predicted molar refractivity (Wildman–Crippen MR) is 83.2 cm³/mol. The molecule has 0 amide bonds. The smallest absolute Gasteiger partial charge is 0.316 e. The number of hydrazine groups is 1.